The lowest BCUT2D eigenvalue weighted by molar-refractivity contribution is -0.132. The number of amides is 3. The summed E-state index contributed by atoms with van der Waals surface area (Å²) in [4.78, 5) is 43.2. The van der Waals surface area contributed by atoms with Crippen molar-refractivity contribution in [3.8, 4) is 0 Å². The summed E-state index contributed by atoms with van der Waals surface area (Å²) in [5.41, 5.74) is 1.71. The average molecular weight is 497 g/mol. The minimum atomic E-state index is -0.359. The molecule has 1 saturated heterocycles. The van der Waals surface area contributed by atoms with Crippen molar-refractivity contribution in [2.24, 2.45) is 5.92 Å². The fourth-order valence-corrected chi connectivity index (χ4v) is 4.23. The highest BCUT2D eigenvalue weighted by molar-refractivity contribution is 6.36. The molecule has 1 fully saturated rings. The largest absolute Gasteiger partial charge is 0.329 e. The Hall–Kier alpha value is -2.28. The van der Waals surface area contributed by atoms with Gasteiger partial charge in [-0.3, -0.25) is 19.3 Å². The summed E-state index contributed by atoms with van der Waals surface area (Å²) < 4.78 is 0. The SMILES string of the molecule is Cc1c(Cl)cccc1N1CN(C(=O)CN(CC(C)C)C(=O)c2ccc(Cl)cc2Cl)CC1=O. The summed E-state index contributed by atoms with van der Waals surface area (Å²) in [6.07, 6.45) is 0. The molecule has 0 spiro atoms. The van der Waals surface area contributed by atoms with Crippen LogP contribution in [0.3, 0.4) is 0 Å². The predicted octanol–water partition coefficient (Wildman–Crippen LogP) is 4.89. The lowest BCUT2D eigenvalue weighted by Gasteiger charge is -2.27. The first-order valence-electron chi connectivity index (χ1n) is 10.2. The van der Waals surface area contributed by atoms with Gasteiger partial charge in [0.2, 0.25) is 11.8 Å². The van der Waals surface area contributed by atoms with Gasteiger partial charge in [-0.05, 0) is 48.7 Å². The van der Waals surface area contributed by atoms with E-state index < -0.39 is 0 Å². The second kappa shape index (κ2) is 10.1. The Bertz CT molecular complexity index is 1060. The number of carbonyl (C=O) groups excluding carboxylic acids is 3. The molecule has 32 heavy (non-hydrogen) atoms. The minimum Gasteiger partial charge on any atom is -0.329 e. The maximum Gasteiger partial charge on any atom is 0.255 e. The molecule has 0 aromatic heterocycles. The lowest BCUT2D eigenvalue weighted by atomic mass is 10.1. The highest BCUT2D eigenvalue weighted by atomic mass is 35.5. The van der Waals surface area contributed by atoms with E-state index in [1.54, 1.807) is 30.3 Å². The number of hydrogen-bond donors (Lipinski definition) is 0. The third-order valence-electron chi connectivity index (χ3n) is 5.18. The first-order chi connectivity index (χ1) is 15.1. The number of rotatable bonds is 6. The molecule has 3 amide bonds. The fourth-order valence-electron chi connectivity index (χ4n) is 3.57. The van der Waals surface area contributed by atoms with Crippen LogP contribution in [0.4, 0.5) is 5.69 Å². The number of nitrogens with zero attached hydrogens (tertiary/aromatic N) is 3. The van der Waals surface area contributed by atoms with Crippen molar-refractivity contribution in [2.75, 3.05) is 31.2 Å². The standard InChI is InChI=1S/C23H24Cl3N3O3/c1-14(2)10-27(23(32)17-8-7-16(24)9-19(17)26)11-21(30)28-12-22(31)29(13-28)20-6-4-5-18(25)15(20)3/h4-9,14H,10-13H2,1-3H3. The zero-order valence-electron chi connectivity index (χ0n) is 18.1. The number of hydrogen-bond acceptors (Lipinski definition) is 3. The topological polar surface area (TPSA) is 60.9 Å². The Kier molecular flexibility index (Phi) is 7.70. The van der Waals surface area contributed by atoms with Gasteiger partial charge < -0.3 is 9.80 Å². The highest BCUT2D eigenvalue weighted by Gasteiger charge is 2.34. The Morgan fingerprint density at radius 2 is 1.81 bits per heavy atom. The van der Waals surface area contributed by atoms with E-state index in [0.717, 1.165) is 5.56 Å². The molecular weight excluding hydrogens is 473 g/mol. The van der Waals surface area contributed by atoms with Crippen molar-refractivity contribution in [3.05, 3.63) is 62.6 Å². The van der Waals surface area contributed by atoms with Crippen LogP contribution in [0.2, 0.25) is 15.1 Å². The van der Waals surface area contributed by atoms with Gasteiger partial charge in [0.25, 0.3) is 5.91 Å². The maximum absolute atomic E-state index is 13.1. The van der Waals surface area contributed by atoms with Crippen LogP contribution >= 0.6 is 34.8 Å². The van der Waals surface area contributed by atoms with Crippen LogP contribution in [0.15, 0.2) is 36.4 Å². The fraction of sp³-hybridized carbons (Fsp3) is 0.348. The minimum absolute atomic E-state index is 0.0593. The number of halogens is 3. The van der Waals surface area contributed by atoms with E-state index >= 15 is 0 Å². The predicted molar refractivity (Wildman–Crippen MR) is 127 cm³/mol. The molecule has 1 heterocycles. The summed E-state index contributed by atoms with van der Waals surface area (Å²) in [7, 11) is 0. The summed E-state index contributed by atoms with van der Waals surface area (Å²) in [5.74, 6) is -0.753. The number of benzene rings is 2. The molecule has 170 valence electrons. The second-order valence-corrected chi connectivity index (χ2v) is 9.39. The molecule has 1 aliphatic rings. The van der Waals surface area contributed by atoms with E-state index in [2.05, 4.69) is 0 Å². The maximum atomic E-state index is 13.1. The van der Waals surface area contributed by atoms with Crippen LogP contribution in [-0.4, -0.2) is 53.8 Å². The molecule has 9 heteroatoms. The quantitative estimate of drug-likeness (QED) is 0.572. The molecule has 0 aliphatic carbocycles. The molecule has 0 unspecified atom stereocenters. The molecular formula is C23H24Cl3N3O3. The van der Waals surface area contributed by atoms with E-state index in [1.165, 1.54) is 20.8 Å². The van der Waals surface area contributed by atoms with Crippen molar-refractivity contribution < 1.29 is 14.4 Å². The average Bonchev–Trinajstić information content (AvgIpc) is 3.10. The first-order valence-corrected chi connectivity index (χ1v) is 11.3. The van der Waals surface area contributed by atoms with Crippen molar-refractivity contribution in [2.45, 2.75) is 20.8 Å². The van der Waals surface area contributed by atoms with Gasteiger partial charge in [-0.15, -0.1) is 0 Å². The van der Waals surface area contributed by atoms with Crippen LogP contribution < -0.4 is 4.90 Å². The van der Waals surface area contributed by atoms with Crippen molar-refractivity contribution in [3.63, 3.8) is 0 Å². The summed E-state index contributed by atoms with van der Waals surface area (Å²) in [6.45, 7) is 5.98. The van der Waals surface area contributed by atoms with Gasteiger partial charge in [0.15, 0.2) is 0 Å². The van der Waals surface area contributed by atoms with E-state index in [0.29, 0.717) is 22.3 Å². The van der Waals surface area contributed by atoms with Gasteiger partial charge in [0, 0.05) is 22.3 Å². The van der Waals surface area contributed by atoms with Gasteiger partial charge in [-0.1, -0.05) is 54.7 Å². The molecule has 2 aromatic rings. The monoisotopic (exact) mass is 495 g/mol. The Morgan fingerprint density at radius 1 is 1.09 bits per heavy atom. The highest BCUT2D eigenvalue weighted by Crippen LogP contribution is 2.29. The first kappa shape index (κ1) is 24.4. The van der Waals surface area contributed by atoms with Crippen molar-refractivity contribution in [1.82, 2.24) is 9.80 Å². The third-order valence-corrected chi connectivity index (χ3v) is 6.14. The zero-order valence-corrected chi connectivity index (χ0v) is 20.3. The van der Waals surface area contributed by atoms with Gasteiger partial charge in [0.1, 0.15) is 19.8 Å². The molecule has 0 radical (unpaired) electrons. The molecule has 0 saturated carbocycles. The van der Waals surface area contributed by atoms with Gasteiger partial charge in [-0.25, -0.2) is 0 Å². The van der Waals surface area contributed by atoms with Crippen LogP contribution in [0, 0.1) is 12.8 Å². The van der Waals surface area contributed by atoms with Gasteiger partial charge >= 0.3 is 0 Å². The lowest BCUT2D eigenvalue weighted by Crippen LogP contribution is -2.44. The Balaban J connectivity index is 1.77. The summed E-state index contributed by atoms with van der Waals surface area (Å²) in [5, 5.41) is 1.20. The van der Waals surface area contributed by atoms with Crippen LogP contribution in [-0.2, 0) is 9.59 Å². The third kappa shape index (κ3) is 5.37. The second-order valence-electron chi connectivity index (χ2n) is 8.14. The summed E-state index contributed by atoms with van der Waals surface area (Å²) in [6, 6.07) is 9.94. The zero-order chi connectivity index (χ0) is 23.6. The molecule has 2 aromatic carbocycles. The van der Waals surface area contributed by atoms with Crippen molar-refractivity contribution in [1.29, 1.82) is 0 Å². The Labute approximate surface area is 202 Å². The molecule has 6 nitrogen and oxygen atoms in total. The van der Waals surface area contributed by atoms with Crippen LogP contribution in [0.5, 0.6) is 0 Å². The summed E-state index contributed by atoms with van der Waals surface area (Å²) >= 11 is 18.3. The van der Waals surface area contributed by atoms with E-state index in [-0.39, 0.29) is 54.0 Å². The van der Waals surface area contributed by atoms with Crippen LogP contribution in [0.25, 0.3) is 0 Å². The Morgan fingerprint density at radius 3 is 2.47 bits per heavy atom. The van der Waals surface area contributed by atoms with E-state index in [4.69, 9.17) is 34.8 Å². The number of anilines is 1. The van der Waals surface area contributed by atoms with Crippen LogP contribution in [0.1, 0.15) is 29.8 Å². The van der Waals surface area contributed by atoms with Gasteiger partial charge in [-0.2, -0.15) is 0 Å². The van der Waals surface area contributed by atoms with Gasteiger partial charge in [0.05, 0.1) is 10.6 Å². The van der Waals surface area contributed by atoms with E-state index in [1.807, 2.05) is 20.8 Å². The molecule has 1 aliphatic heterocycles. The number of carbonyl (C=O) groups is 3. The molecule has 0 atom stereocenters. The normalized spacial score (nSPS) is 13.8. The molecule has 3 rings (SSSR count). The molecule has 0 bridgehead atoms. The smallest absolute Gasteiger partial charge is 0.255 e. The van der Waals surface area contributed by atoms with Crippen molar-refractivity contribution >= 4 is 58.2 Å². The van der Waals surface area contributed by atoms with E-state index in [9.17, 15) is 14.4 Å². The molecule has 0 N–H and O–H groups in total.